The van der Waals surface area contributed by atoms with E-state index in [-0.39, 0.29) is 0 Å². The summed E-state index contributed by atoms with van der Waals surface area (Å²) in [4.78, 5) is 11.2. The van der Waals surface area contributed by atoms with E-state index in [4.69, 9.17) is 11.5 Å². The Morgan fingerprint density at radius 1 is 1.29 bits per heavy atom. The van der Waals surface area contributed by atoms with Crippen LogP contribution in [0, 0.1) is 5.92 Å². The van der Waals surface area contributed by atoms with E-state index in [1.807, 2.05) is 0 Å². The maximum absolute atomic E-state index is 11.2. The second-order valence-electron chi connectivity index (χ2n) is 4.08. The number of benzene rings is 1. The zero-order valence-corrected chi connectivity index (χ0v) is 9.21. The van der Waals surface area contributed by atoms with Gasteiger partial charge in [-0.05, 0) is 11.6 Å². The Morgan fingerprint density at radius 3 is 2.65 bits per heavy atom. The third-order valence-electron chi connectivity index (χ3n) is 2.99. The van der Waals surface area contributed by atoms with Crippen LogP contribution in [0.25, 0.3) is 0 Å². The van der Waals surface area contributed by atoms with Crippen molar-refractivity contribution >= 4 is 11.7 Å². The van der Waals surface area contributed by atoms with Crippen molar-refractivity contribution < 1.29 is 9.90 Å². The molecular formula is C13H14N2O2. The van der Waals surface area contributed by atoms with Crippen LogP contribution in [0.5, 0.6) is 0 Å². The van der Waals surface area contributed by atoms with Crippen molar-refractivity contribution in [3.05, 3.63) is 54.1 Å². The van der Waals surface area contributed by atoms with E-state index < -0.39 is 17.4 Å². The lowest BCUT2D eigenvalue weighted by Gasteiger charge is -2.33. The van der Waals surface area contributed by atoms with Crippen molar-refractivity contribution in [2.45, 2.75) is 5.54 Å². The minimum absolute atomic E-state index is 0.501. The van der Waals surface area contributed by atoms with Gasteiger partial charge in [-0.25, -0.2) is 0 Å². The minimum atomic E-state index is -1.09. The number of rotatable bonds is 2. The molecule has 4 nitrogen and oxygen atoms in total. The van der Waals surface area contributed by atoms with Gasteiger partial charge >= 0.3 is 5.97 Å². The average Bonchev–Trinajstić information content (AvgIpc) is 2.29. The summed E-state index contributed by atoms with van der Waals surface area (Å²) < 4.78 is 0. The number of carboxylic acids is 1. The number of allylic oxidation sites excluding steroid dienone is 2. The van der Waals surface area contributed by atoms with E-state index in [2.05, 4.69) is 0 Å². The summed E-state index contributed by atoms with van der Waals surface area (Å²) in [5.41, 5.74) is 12.1. The van der Waals surface area contributed by atoms with Gasteiger partial charge in [0.2, 0.25) is 0 Å². The van der Waals surface area contributed by atoms with Crippen LogP contribution in [0.2, 0.25) is 0 Å². The van der Waals surface area contributed by atoms with Crippen LogP contribution >= 0.6 is 0 Å². The number of nitrogen functional groups attached to an aromatic ring is 1. The molecule has 0 heterocycles. The Balaban J connectivity index is 2.54. The lowest BCUT2D eigenvalue weighted by Crippen LogP contribution is -2.46. The molecule has 4 heteroatoms. The van der Waals surface area contributed by atoms with Crippen LogP contribution < -0.4 is 11.5 Å². The molecule has 0 saturated heterocycles. The van der Waals surface area contributed by atoms with Gasteiger partial charge in [0.25, 0.3) is 0 Å². The monoisotopic (exact) mass is 230 g/mol. The molecule has 17 heavy (non-hydrogen) atoms. The molecule has 2 unspecified atom stereocenters. The van der Waals surface area contributed by atoms with Crippen molar-refractivity contribution in [2.75, 3.05) is 5.73 Å². The largest absolute Gasteiger partial charge is 0.481 e. The highest BCUT2D eigenvalue weighted by Crippen LogP contribution is 2.35. The molecule has 1 aliphatic carbocycles. The lowest BCUT2D eigenvalue weighted by atomic mass is 9.75. The molecule has 0 radical (unpaired) electrons. The summed E-state index contributed by atoms with van der Waals surface area (Å²) in [5, 5.41) is 9.22. The number of aliphatic carboxylic acids is 1. The van der Waals surface area contributed by atoms with Crippen molar-refractivity contribution in [3.63, 3.8) is 0 Å². The van der Waals surface area contributed by atoms with Gasteiger partial charge in [-0.1, -0.05) is 42.5 Å². The van der Waals surface area contributed by atoms with E-state index in [9.17, 15) is 9.90 Å². The van der Waals surface area contributed by atoms with Gasteiger partial charge in [-0.2, -0.15) is 0 Å². The second kappa shape index (κ2) is 4.07. The first-order valence-electron chi connectivity index (χ1n) is 5.28. The van der Waals surface area contributed by atoms with Crippen molar-refractivity contribution in [1.82, 2.24) is 0 Å². The summed E-state index contributed by atoms with van der Waals surface area (Å²) in [6.45, 7) is 0. The van der Waals surface area contributed by atoms with Gasteiger partial charge in [0.1, 0.15) is 5.92 Å². The molecule has 0 fully saturated rings. The molecule has 1 aromatic carbocycles. The summed E-state index contributed by atoms with van der Waals surface area (Å²) in [6.07, 6.45) is 6.68. The fraction of sp³-hybridized carbons (Fsp3) is 0.154. The highest BCUT2D eigenvalue weighted by atomic mass is 16.4. The first-order chi connectivity index (χ1) is 8.05. The molecule has 0 bridgehead atoms. The summed E-state index contributed by atoms with van der Waals surface area (Å²) in [6, 6.07) is 7.06. The fourth-order valence-corrected chi connectivity index (χ4v) is 2.09. The van der Waals surface area contributed by atoms with Crippen LogP contribution in [-0.4, -0.2) is 11.1 Å². The zero-order chi connectivity index (χ0) is 12.5. The van der Waals surface area contributed by atoms with Gasteiger partial charge in [-0.3, -0.25) is 4.79 Å². The minimum Gasteiger partial charge on any atom is -0.481 e. The highest BCUT2D eigenvalue weighted by molar-refractivity contribution is 5.77. The Bertz CT molecular complexity index is 508. The maximum Gasteiger partial charge on any atom is 0.312 e. The fourth-order valence-electron chi connectivity index (χ4n) is 2.09. The number of hydrogen-bond donors (Lipinski definition) is 3. The van der Waals surface area contributed by atoms with Crippen molar-refractivity contribution in [1.29, 1.82) is 0 Å². The Kier molecular flexibility index (Phi) is 2.73. The highest BCUT2D eigenvalue weighted by Gasteiger charge is 2.39. The molecule has 0 aliphatic heterocycles. The van der Waals surface area contributed by atoms with E-state index in [0.717, 1.165) is 0 Å². The molecule has 2 atom stereocenters. The van der Waals surface area contributed by atoms with Crippen LogP contribution in [0.4, 0.5) is 5.69 Å². The molecule has 0 spiro atoms. The van der Waals surface area contributed by atoms with Gasteiger partial charge in [0.05, 0.1) is 5.54 Å². The molecule has 1 aliphatic rings. The first kappa shape index (κ1) is 11.4. The average molecular weight is 230 g/mol. The third kappa shape index (κ3) is 1.83. The first-order valence-corrected chi connectivity index (χ1v) is 5.28. The molecule has 88 valence electrons. The van der Waals surface area contributed by atoms with Crippen LogP contribution in [0.3, 0.4) is 0 Å². The number of para-hydroxylation sites is 1. The molecule has 2 rings (SSSR count). The summed E-state index contributed by atoms with van der Waals surface area (Å²) in [7, 11) is 0. The van der Waals surface area contributed by atoms with Crippen LogP contribution in [0.1, 0.15) is 5.56 Å². The number of nitrogens with two attached hydrogens (primary N) is 2. The third-order valence-corrected chi connectivity index (χ3v) is 2.99. The normalized spacial score (nSPS) is 27.0. The number of carboxylic acid groups (broad SMARTS) is 1. The Labute approximate surface area is 99.2 Å². The predicted octanol–water partition coefficient (Wildman–Crippen LogP) is 1.25. The van der Waals surface area contributed by atoms with E-state index in [0.29, 0.717) is 11.3 Å². The number of anilines is 1. The van der Waals surface area contributed by atoms with E-state index in [1.54, 1.807) is 48.6 Å². The number of carbonyl (C=O) groups is 1. The standard InChI is InChI=1S/C13H14N2O2/c14-11-7-2-1-5-9(11)13(15)8-4-3-6-10(13)12(16)17/h1-8,10H,14-15H2,(H,16,17). The van der Waals surface area contributed by atoms with Crippen molar-refractivity contribution in [3.8, 4) is 0 Å². The summed E-state index contributed by atoms with van der Waals surface area (Å²) >= 11 is 0. The van der Waals surface area contributed by atoms with Gasteiger partial charge in [0.15, 0.2) is 0 Å². The van der Waals surface area contributed by atoms with Gasteiger partial charge < -0.3 is 16.6 Å². The van der Waals surface area contributed by atoms with Crippen molar-refractivity contribution in [2.24, 2.45) is 11.7 Å². The van der Waals surface area contributed by atoms with Crippen LogP contribution in [-0.2, 0) is 10.3 Å². The Morgan fingerprint density at radius 2 is 2.00 bits per heavy atom. The van der Waals surface area contributed by atoms with Gasteiger partial charge in [0, 0.05) is 5.69 Å². The summed E-state index contributed by atoms with van der Waals surface area (Å²) in [5.74, 6) is -1.77. The molecule has 5 N–H and O–H groups in total. The molecule has 0 aromatic heterocycles. The smallest absolute Gasteiger partial charge is 0.312 e. The zero-order valence-electron chi connectivity index (χ0n) is 9.21. The second-order valence-corrected chi connectivity index (χ2v) is 4.08. The quantitative estimate of drug-likeness (QED) is 0.667. The van der Waals surface area contributed by atoms with E-state index >= 15 is 0 Å². The van der Waals surface area contributed by atoms with Gasteiger partial charge in [-0.15, -0.1) is 0 Å². The SMILES string of the molecule is Nc1ccccc1C1(N)C=CC=CC1C(=O)O. The molecular weight excluding hydrogens is 216 g/mol. The topological polar surface area (TPSA) is 89.3 Å². The number of hydrogen-bond acceptors (Lipinski definition) is 3. The predicted molar refractivity (Wildman–Crippen MR) is 66.1 cm³/mol. The van der Waals surface area contributed by atoms with E-state index in [1.165, 1.54) is 0 Å². The molecule has 0 saturated carbocycles. The Hall–Kier alpha value is -2.07. The lowest BCUT2D eigenvalue weighted by molar-refractivity contribution is -0.141. The maximum atomic E-state index is 11.2. The molecule has 0 amide bonds. The van der Waals surface area contributed by atoms with Crippen LogP contribution in [0.15, 0.2) is 48.6 Å². The molecule has 1 aromatic rings.